The number of rotatable bonds is 5. The van der Waals surface area contributed by atoms with Crippen LogP contribution in [0.5, 0.6) is 11.5 Å². The maximum absolute atomic E-state index is 13.7. The van der Waals surface area contributed by atoms with E-state index in [-0.39, 0.29) is 17.1 Å². The van der Waals surface area contributed by atoms with Gasteiger partial charge in [0.1, 0.15) is 0 Å². The third-order valence-corrected chi connectivity index (χ3v) is 2.64. The molecule has 92 valence electrons. The van der Waals surface area contributed by atoms with Crippen molar-refractivity contribution in [3.8, 4) is 11.5 Å². The van der Waals surface area contributed by atoms with Crippen LogP contribution in [0.1, 0.15) is 23.2 Å². The highest BCUT2D eigenvalue weighted by atomic mass is 19.1. The van der Waals surface area contributed by atoms with Crippen molar-refractivity contribution in [1.82, 2.24) is 0 Å². The first-order valence-electron chi connectivity index (χ1n) is 5.35. The topological polar surface area (TPSA) is 55.8 Å². The molecule has 2 rings (SSSR count). The Labute approximate surface area is 98.0 Å². The molecule has 1 saturated carbocycles. The second-order valence-electron chi connectivity index (χ2n) is 4.05. The van der Waals surface area contributed by atoms with Crippen molar-refractivity contribution < 1.29 is 23.8 Å². The standard InChI is InChI=1S/C12H13FO4/c1-16-10-5-8(12(14)15)4-9(13)11(10)17-6-7-2-3-7/h4-5,7H,2-3,6H2,1H3,(H,14,15). The number of methoxy groups -OCH3 is 1. The minimum Gasteiger partial charge on any atom is -0.493 e. The summed E-state index contributed by atoms with van der Waals surface area (Å²) < 4.78 is 23.9. The molecule has 1 N–H and O–H groups in total. The molecular formula is C12H13FO4. The van der Waals surface area contributed by atoms with Gasteiger partial charge in [-0.25, -0.2) is 9.18 Å². The van der Waals surface area contributed by atoms with E-state index in [1.807, 2.05) is 0 Å². The summed E-state index contributed by atoms with van der Waals surface area (Å²) in [5, 5.41) is 8.79. The largest absolute Gasteiger partial charge is 0.493 e. The van der Waals surface area contributed by atoms with Gasteiger partial charge in [-0.2, -0.15) is 0 Å². The fourth-order valence-corrected chi connectivity index (χ4v) is 1.47. The Balaban J connectivity index is 2.25. The Morgan fingerprint density at radius 3 is 2.76 bits per heavy atom. The third kappa shape index (κ3) is 2.67. The molecule has 0 saturated heterocycles. The Morgan fingerprint density at radius 2 is 2.24 bits per heavy atom. The molecule has 1 aliphatic rings. The van der Waals surface area contributed by atoms with Crippen molar-refractivity contribution in [3.05, 3.63) is 23.5 Å². The molecule has 0 spiro atoms. The van der Waals surface area contributed by atoms with E-state index in [9.17, 15) is 9.18 Å². The number of carboxylic acids is 1. The van der Waals surface area contributed by atoms with Crippen LogP contribution in [0.25, 0.3) is 0 Å². The Kier molecular flexibility index (Phi) is 3.17. The molecule has 0 aliphatic heterocycles. The second-order valence-corrected chi connectivity index (χ2v) is 4.05. The van der Waals surface area contributed by atoms with Crippen molar-refractivity contribution in [3.63, 3.8) is 0 Å². The fourth-order valence-electron chi connectivity index (χ4n) is 1.47. The molecule has 0 heterocycles. The summed E-state index contributed by atoms with van der Waals surface area (Å²) >= 11 is 0. The molecule has 17 heavy (non-hydrogen) atoms. The normalized spacial score (nSPS) is 14.5. The number of hydrogen-bond donors (Lipinski definition) is 1. The van der Waals surface area contributed by atoms with Gasteiger partial charge in [0.15, 0.2) is 17.3 Å². The molecule has 1 aromatic carbocycles. The molecule has 0 atom stereocenters. The van der Waals surface area contributed by atoms with Gasteiger partial charge in [-0.3, -0.25) is 0 Å². The predicted octanol–water partition coefficient (Wildman–Crippen LogP) is 2.32. The molecule has 0 amide bonds. The van der Waals surface area contributed by atoms with Crippen LogP contribution in [-0.2, 0) is 0 Å². The van der Waals surface area contributed by atoms with Crippen molar-refractivity contribution >= 4 is 5.97 Å². The predicted molar refractivity (Wildman–Crippen MR) is 58.1 cm³/mol. The van der Waals surface area contributed by atoms with Crippen LogP contribution >= 0.6 is 0 Å². The summed E-state index contributed by atoms with van der Waals surface area (Å²) in [6, 6.07) is 2.20. The van der Waals surface area contributed by atoms with Crippen LogP contribution in [0.15, 0.2) is 12.1 Å². The zero-order valence-corrected chi connectivity index (χ0v) is 9.40. The van der Waals surface area contributed by atoms with Gasteiger partial charge in [0.25, 0.3) is 0 Å². The summed E-state index contributed by atoms with van der Waals surface area (Å²) in [5.74, 6) is -1.32. The van der Waals surface area contributed by atoms with Gasteiger partial charge >= 0.3 is 5.97 Å². The van der Waals surface area contributed by atoms with Crippen LogP contribution in [0.3, 0.4) is 0 Å². The highest BCUT2D eigenvalue weighted by Crippen LogP contribution is 2.35. The van der Waals surface area contributed by atoms with E-state index in [0.29, 0.717) is 12.5 Å². The lowest BCUT2D eigenvalue weighted by Gasteiger charge is -2.12. The van der Waals surface area contributed by atoms with Gasteiger partial charge in [0.05, 0.1) is 19.3 Å². The molecule has 1 aromatic rings. The molecule has 5 heteroatoms. The number of aromatic carboxylic acids is 1. The van der Waals surface area contributed by atoms with Crippen molar-refractivity contribution in [2.75, 3.05) is 13.7 Å². The van der Waals surface area contributed by atoms with Crippen LogP contribution in [0.4, 0.5) is 4.39 Å². The van der Waals surface area contributed by atoms with E-state index in [2.05, 4.69) is 0 Å². The van der Waals surface area contributed by atoms with E-state index in [1.165, 1.54) is 13.2 Å². The SMILES string of the molecule is COc1cc(C(=O)O)cc(F)c1OCC1CC1. The molecule has 0 unspecified atom stereocenters. The number of ether oxygens (including phenoxy) is 2. The van der Waals surface area contributed by atoms with E-state index in [1.54, 1.807) is 0 Å². The summed E-state index contributed by atoms with van der Waals surface area (Å²) in [4.78, 5) is 10.7. The first kappa shape index (κ1) is 11.7. The zero-order chi connectivity index (χ0) is 12.4. The third-order valence-electron chi connectivity index (χ3n) is 2.64. The molecule has 4 nitrogen and oxygen atoms in total. The van der Waals surface area contributed by atoms with Crippen LogP contribution in [0.2, 0.25) is 0 Å². The van der Waals surface area contributed by atoms with Gasteiger partial charge < -0.3 is 14.6 Å². The molecule has 0 radical (unpaired) electrons. The first-order chi connectivity index (χ1) is 8.11. The Bertz CT molecular complexity index is 440. The van der Waals surface area contributed by atoms with E-state index < -0.39 is 11.8 Å². The number of hydrogen-bond acceptors (Lipinski definition) is 3. The summed E-state index contributed by atoms with van der Waals surface area (Å²) in [6.45, 7) is 0.444. The highest BCUT2D eigenvalue weighted by molar-refractivity contribution is 5.88. The maximum Gasteiger partial charge on any atom is 0.335 e. The smallest absolute Gasteiger partial charge is 0.335 e. The number of halogens is 1. The van der Waals surface area contributed by atoms with Crippen LogP contribution < -0.4 is 9.47 Å². The molecule has 0 aromatic heterocycles. The van der Waals surface area contributed by atoms with Gasteiger partial charge in [-0.15, -0.1) is 0 Å². The average Bonchev–Trinajstić information content (AvgIpc) is 3.10. The van der Waals surface area contributed by atoms with Crippen LogP contribution in [0, 0.1) is 11.7 Å². The number of benzene rings is 1. The second kappa shape index (κ2) is 4.61. The number of carbonyl (C=O) groups is 1. The fraction of sp³-hybridized carbons (Fsp3) is 0.417. The number of carboxylic acid groups (broad SMARTS) is 1. The van der Waals surface area contributed by atoms with E-state index in [4.69, 9.17) is 14.6 Å². The molecule has 1 fully saturated rings. The van der Waals surface area contributed by atoms with Crippen molar-refractivity contribution in [1.29, 1.82) is 0 Å². The summed E-state index contributed by atoms with van der Waals surface area (Å²) in [6.07, 6.45) is 2.19. The van der Waals surface area contributed by atoms with Crippen molar-refractivity contribution in [2.24, 2.45) is 5.92 Å². The summed E-state index contributed by atoms with van der Waals surface area (Å²) in [7, 11) is 1.35. The van der Waals surface area contributed by atoms with Gasteiger partial charge in [0.2, 0.25) is 0 Å². The lowest BCUT2D eigenvalue weighted by molar-refractivity contribution is 0.0695. The average molecular weight is 240 g/mol. The Hall–Kier alpha value is -1.78. The lowest BCUT2D eigenvalue weighted by atomic mass is 10.2. The van der Waals surface area contributed by atoms with Crippen molar-refractivity contribution in [2.45, 2.75) is 12.8 Å². The highest BCUT2D eigenvalue weighted by Gasteiger charge is 2.24. The van der Waals surface area contributed by atoms with Gasteiger partial charge in [0, 0.05) is 0 Å². The first-order valence-corrected chi connectivity index (χ1v) is 5.35. The Morgan fingerprint density at radius 1 is 1.53 bits per heavy atom. The quantitative estimate of drug-likeness (QED) is 0.858. The minimum atomic E-state index is -1.20. The summed E-state index contributed by atoms with van der Waals surface area (Å²) in [5.41, 5.74) is -0.155. The van der Waals surface area contributed by atoms with Gasteiger partial charge in [-0.1, -0.05) is 0 Å². The zero-order valence-electron chi connectivity index (χ0n) is 9.40. The lowest BCUT2D eigenvalue weighted by Crippen LogP contribution is -2.05. The van der Waals surface area contributed by atoms with E-state index in [0.717, 1.165) is 18.9 Å². The molecule has 0 bridgehead atoms. The molecular weight excluding hydrogens is 227 g/mol. The van der Waals surface area contributed by atoms with E-state index >= 15 is 0 Å². The maximum atomic E-state index is 13.7. The van der Waals surface area contributed by atoms with Gasteiger partial charge in [-0.05, 0) is 30.9 Å². The molecule has 1 aliphatic carbocycles. The minimum absolute atomic E-state index is 0.00981. The van der Waals surface area contributed by atoms with Crippen LogP contribution in [-0.4, -0.2) is 24.8 Å². The monoisotopic (exact) mass is 240 g/mol.